The predicted octanol–water partition coefficient (Wildman–Crippen LogP) is 12.9. The highest BCUT2D eigenvalue weighted by atomic mass is 32.1. The fourth-order valence-electron chi connectivity index (χ4n) is 7.16. The van der Waals surface area contributed by atoms with E-state index < -0.39 is 0 Å². The third-order valence-corrected chi connectivity index (χ3v) is 11.9. The van der Waals surface area contributed by atoms with Crippen molar-refractivity contribution in [2.24, 2.45) is 0 Å². The van der Waals surface area contributed by atoms with E-state index >= 15 is 0 Å². The first-order valence-corrected chi connectivity index (χ1v) is 19.0. The zero-order valence-corrected chi connectivity index (χ0v) is 29.7. The molecule has 3 heteroatoms. The molecule has 8 aromatic rings. The Kier molecular flexibility index (Phi) is 8.08. The van der Waals surface area contributed by atoms with Crippen LogP contribution in [0.1, 0.15) is 24.0 Å². The van der Waals surface area contributed by atoms with Crippen molar-refractivity contribution < 1.29 is 4.42 Å². The van der Waals surface area contributed by atoms with Crippen LogP contribution < -0.4 is 10.4 Å². The highest BCUT2D eigenvalue weighted by Crippen LogP contribution is 2.43. The van der Waals surface area contributed by atoms with Gasteiger partial charge in [0.2, 0.25) is 0 Å². The van der Waals surface area contributed by atoms with Crippen LogP contribution in [0.15, 0.2) is 174 Å². The minimum atomic E-state index is 0.884. The summed E-state index contributed by atoms with van der Waals surface area (Å²) < 4.78 is 8.99. The molecule has 5 aromatic carbocycles. The van der Waals surface area contributed by atoms with Crippen molar-refractivity contribution in [3.05, 3.63) is 191 Å². The van der Waals surface area contributed by atoms with E-state index in [2.05, 4.69) is 152 Å². The van der Waals surface area contributed by atoms with E-state index in [0.717, 1.165) is 78.6 Å². The number of hydrogen-bond acceptors (Lipinski definition) is 3. The van der Waals surface area contributed by atoms with Crippen LogP contribution >= 0.6 is 22.7 Å². The molecule has 0 amide bonds. The normalized spacial score (nSPS) is 15.3. The summed E-state index contributed by atoms with van der Waals surface area (Å²) in [7, 11) is 0. The molecule has 0 saturated carbocycles. The second kappa shape index (κ2) is 13.2. The molecule has 0 saturated heterocycles. The maximum absolute atomic E-state index is 6.43. The van der Waals surface area contributed by atoms with Gasteiger partial charge in [-0.2, -0.15) is 0 Å². The van der Waals surface area contributed by atoms with E-state index in [9.17, 15) is 0 Å². The maximum atomic E-state index is 6.43. The smallest absolute Gasteiger partial charge is 0.136 e. The summed E-state index contributed by atoms with van der Waals surface area (Å²) in [6.45, 7) is 9.49. The average molecular weight is 691 g/mol. The fraction of sp³-hybridized carbons (Fsp3) is 0.0417. The minimum absolute atomic E-state index is 0.884. The van der Waals surface area contributed by atoms with Gasteiger partial charge in [-0.15, -0.1) is 22.7 Å². The second-order valence-electron chi connectivity index (χ2n) is 12.9. The lowest BCUT2D eigenvalue weighted by Gasteiger charge is -2.15. The maximum Gasteiger partial charge on any atom is 0.136 e. The topological polar surface area (TPSA) is 13.1 Å². The van der Waals surface area contributed by atoms with Gasteiger partial charge in [-0.05, 0) is 109 Å². The van der Waals surface area contributed by atoms with E-state index in [4.69, 9.17) is 11.0 Å². The van der Waals surface area contributed by atoms with Crippen LogP contribution in [0.3, 0.4) is 0 Å². The van der Waals surface area contributed by atoms with E-state index in [1.807, 2.05) is 23.5 Å². The number of allylic oxidation sites excluding steroid dienone is 7. The molecule has 0 fully saturated rings. The molecule has 3 heterocycles. The fourth-order valence-corrected chi connectivity index (χ4v) is 9.19. The second-order valence-corrected chi connectivity index (χ2v) is 14.9. The van der Waals surface area contributed by atoms with Crippen molar-refractivity contribution in [3.8, 4) is 10.4 Å². The standard InChI is InChI=1S/C48H34OS2/c1-31(25-26-34-30-50-47-24-14-11-18-37(34)47)35-16-5-3-4-6-17-36(39-20-9-8-19-38(35)39)32(2)41-28-42-40-21-10-12-22-44(40)49-45(42)29-43(41)48-27-33-15-7-13-23-46(33)51-48/h5-30H,1-4H2/b16-5?,17-6+,26-25-,38-35?,39-36+. The summed E-state index contributed by atoms with van der Waals surface area (Å²) in [6.07, 6.45) is 15.3. The van der Waals surface area contributed by atoms with Crippen molar-refractivity contribution in [2.45, 2.75) is 12.8 Å². The highest BCUT2D eigenvalue weighted by Gasteiger charge is 2.19. The molecule has 1 aliphatic rings. The molecule has 0 unspecified atom stereocenters. The van der Waals surface area contributed by atoms with Gasteiger partial charge in [0, 0.05) is 30.6 Å². The molecule has 244 valence electrons. The molecule has 9 rings (SSSR count). The molecule has 1 aliphatic carbocycles. The largest absolute Gasteiger partial charge is 0.456 e. The monoisotopic (exact) mass is 690 g/mol. The van der Waals surface area contributed by atoms with Crippen LogP contribution in [-0.4, -0.2) is 0 Å². The lowest BCUT2D eigenvalue weighted by atomic mass is 9.89. The molecule has 0 atom stereocenters. The first-order chi connectivity index (χ1) is 25.1. The van der Waals surface area contributed by atoms with Gasteiger partial charge in [0.15, 0.2) is 0 Å². The van der Waals surface area contributed by atoms with Crippen LogP contribution in [0.4, 0.5) is 0 Å². The molecule has 0 radical (unpaired) electrons. The molecule has 0 N–H and O–H groups in total. The van der Waals surface area contributed by atoms with Crippen LogP contribution in [0.25, 0.3) is 75.3 Å². The Hall–Kier alpha value is -5.74. The first kappa shape index (κ1) is 31.3. The lowest BCUT2D eigenvalue weighted by Crippen LogP contribution is -2.29. The quantitative estimate of drug-likeness (QED) is 0.158. The molecule has 0 bridgehead atoms. The first-order valence-electron chi connectivity index (χ1n) is 17.3. The van der Waals surface area contributed by atoms with Gasteiger partial charge in [0.05, 0.1) is 0 Å². The zero-order chi connectivity index (χ0) is 34.3. The number of thiophene rings is 2. The van der Waals surface area contributed by atoms with E-state index in [1.165, 1.54) is 30.6 Å². The van der Waals surface area contributed by atoms with Gasteiger partial charge >= 0.3 is 0 Å². The minimum Gasteiger partial charge on any atom is -0.456 e. The molecular formula is C48H34OS2. The Labute approximate surface area is 305 Å². The molecule has 0 spiro atoms. The Morgan fingerprint density at radius 3 is 2.16 bits per heavy atom. The molecular weight excluding hydrogens is 657 g/mol. The number of rotatable bonds is 6. The Balaban J connectivity index is 1.27. The Bertz CT molecular complexity index is 2870. The molecule has 1 nitrogen and oxygen atoms in total. The van der Waals surface area contributed by atoms with E-state index in [1.54, 1.807) is 11.3 Å². The van der Waals surface area contributed by atoms with Crippen molar-refractivity contribution in [3.63, 3.8) is 0 Å². The van der Waals surface area contributed by atoms with Gasteiger partial charge in [0.1, 0.15) is 11.2 Å². The van der Waals surface area contributed by atoms with Crippen LogP contribution in [0, 0.1) is 0 Å². The predicted molar refractivity (Wildman–Crippen MR) is 224 cm³/mol. The van der Waals surface area contributed by atoms with E-state index in [0.29, 0.717) is 0 Å². The number of fused-ring (bicyclic) bond motifs is 6. The van der Waals surface area contributed by atoms with Gasteiger partial charge in [0.25, 0.3) is 0 Å². The molecule has 0 aliphatic heterocycles. The number of furan rings is 1. The van der Waals surface area contributed by atoms with E-state index in [-0.39, 0.29) is 0 Å². The Morgan fingerprint density at radius 2 is 1.33 bits per heavy atom. The molecule has 51 heavy (non-hydrogen) atoms. The third-order valence-electron chi connectivity index (χ3n) is 9.76. The summed E-state index contributed by atoms with van der Waals surface area (Å²) in [4.78, 5) is 1.20. The van der Waals surface area contributed by atoms with Crippen LogP contribution in [0.2, 0.25) is 0 Å². The molecule has 3 aromatic heterocycles. The van der Waals surface area contributed by atoms with Crippen molar-refractivity contribution in [2.75, 3.05) is 0 Å². The lowest BCUT2D eigenvalue weighted by molar-refractivity contribution is 0.669. The van der Waals surface area contributed by atoms with Gasteiger partial charge in [-0.25, -0.2) is 0 Å². The summed E-state index contributed by atoms with van der Waals surface area (Å²) in [6, 6.07) is 41.0. The number of hydrogen-bond donors (Lipinski definition) is 0. The Morgan fingerprint density at radius 1 is 0.647 bits per heavy atom. The summed E-state index contributed by atoms with van der Waals surface area (Å²) in [5, 5.41) is 9.22. The number of para-hydroxylation sites is 1. The van der Waals surface area contributed by atoms with Crippen molar-refractivity contribution in [1.82, 2.24) is 0 Å². The van der Waals surface area contributed by atoms with Gasteiger partial charge in [-0.3, -0.25) is 0 Å². The van der Waals surface area contributed by atoms with Crippen molar-refractivity contribution >= 4 is 87.6 Å². The highest BCUT2D eigenvalue weighted by molar-refractivity contribution is 7.22. The zero-order valence-electron chi connectivity index (χ0n) is 28.1. The van der Waals surface area contributed by atoms with Gasteiger partial charge < -0.3 is 4.42 Å². The summed E-state index contributed by atoms with van der Waals surface area (Å²) in [5.74, 6) is 0. The van der Waals surface area contributed by atoms with Gasteiger partial charge in [-0.1, -0.05) is 128 Å². The average Bonchev–Trinajstić information content (AvgIpc) is 3.89. The summed E-state index contributed by atoms with van der Waals surface area (Å²) >= 11 is 3.59. The van der Waals surface area contributed by atoms with Crippen LogP contribution in [-0.2, 0) is 0 Å². The number of benzene rings is 5. The van der Waals surface area contributed by atoms with Crippen molar-refractivity contribution in [1.29, 1.82) is 0 Å². The van der Waals surface area contributed by atoms with Crippen LogP contribution in [0.5, 0.6) is 0 Å². The third kappa shape index (κ3) is 5.75. The summed E-state index contributed by atoms with van der Waals surface area (Å²) in [5.41, 5.74) is 9.39. The SMILES string of the molecule is C=C(/C=C\c1csc2ccccc12)C1=c2cccc/c2=C(C(=C)c2cc3c(cc2-c2cc4ccccc4s2)oc2ccccc23)/C=C/CCC=C1.